The molecule has 0 aliphatic rings. The molecule has 0 radical (unpaired) electrons. The molecule has 0 spiro atoms. The summed E-state index contributed by atoms with van der Waals surface area (Å²) in [5.74, 6) is -2.21. The second-order valence-corrected chi connectivity index (χ2v) is 27.1. The van der Waals surface area contributed by atoms with E-state index >= 15 is 0 Å². The molecule has 534 valence electrons. The van der Waals surface area contributed by atoms with Gasteiger partial charge >= 0.3 is 39.5 Å². The number of esters is 4. The summed E-state index contributed by atoms with van der Waals surface area (Å²) in [6, 6.07) is 0. The Balaban J connectivity index is 5.32. The molecule has 0 heterocycles. The Morgan fingerprint density at radius 2 is 0.565 bits per heavy atom. The molecule has 0 aromatic heterocycles. The van der Waals surface area contributed by atoms with Crippen LogP contribution in [0.2, 0.25) is 0 Å². The van der Waals surface area contributed by atoms with Crippen LogP contribution in [0.5, 0.6) is 0 Å². The number of hydrogen-bond acceptors (Lipinski definition) is 15. The van der Waals surface area contributed by atoms with Crippen molar-refractivity contribution in [2.45, 2.75) is 329 Å². The molecular formula is C73H130O17P2. The summed E-state index contributed by atoms with van der Waals surface area (Å²) in [6.45, 7) is 4.66. The molecule has 0 bridgehead atoms. The first kappa shape index (κ1) is 88.5. The first-order valence-electron chi connectivity index (χ1n) is 36.2. The molecule has 0 aliphatic carbocycles. The predicted molar refractivity (Wildman–Crippen MR) is 372 cm³/mol. The zero-order valence-electron chi connectivity index (χ0n) is 58.0. The quantitative estimate of drug-likeness (QED) is 0.0169. The molecular weight excluding hydrogens is 1210 g/mol. The number of aliphatic hydroxyl groups excluding tert-OH is 1. The van der Waals surface area contributed by atoms with Crippen LogP contribution >= 0.6 is 15.6 Å². The maximum absolute atomic E-state index is 13.0. The molecule has 92 heavy (non-hydrogen) atoms. The zero-order chi connectivity index (χ0) is 67.5. The second-order valence-electron chi connectivity index (χ2n) is 24.2. The smallest absolute Gasteiger partial charge is 0.462 e. The second kappa shape index (κ2) is 66.1. The minimum absolute atomic E-state index is 0.0771. The van der Waals surface area contributed by atoms with E-state index in [0.717, 1.165) is 180 Å². The van der Waals surface area contributed by atoms with Crippen LogP contribution in [0.25, 0.3) is 0 Å². The van der Waals surface area contributed by atoms with Crippen LogP contribution in [-0.4, -0.2) is 96.7 Å². The number of rotatable bonds is 68. The highest BCUT2D eigenvalue weighted by Crippen LogP contribution is 2.45. The van der Waals surface area contributed by atoms with Crippen LogP contribution in [0, 0.1) is 0 Å². The van der Waals surface area contributed by atoms with Gasteiger partial charge in [-0.2, -0.15) is 0 Å². The third-order valence-corrected chi connectivity index (χ3v) is 17.0. The summed E-state index contributed by atoms with van der Waals surface area (Å²) in [4.78, 5) is 72.6. The van der Waals surface area contributed by atoms with Crippen molar-refractivity contribution in [1.82, 2.24) is 0 Å². The molecule has 0 aromatic rings. The van der Waals surface area contributed by atoms with E-state index in [4.69, 9.17) is 37.0 Å². The maximum atomic E-state index is 13.0. The highest BCUT2D eigenvalue weighted by atomic mass is 31.2. The number of carbonyl (C=O) groups is 4. The average Bonchev–Trinajstić information content (AvgIpc) is 3.33. The summed E-state index contributed by atoms with van der Waals surface area (Å²) in [5.41, 5.74) is 0. The Morgan fingerprint density at radius 3 is 0.891 bits per heavy atom. The van der Waals surface area contributed by atoms with E-state index in [0.29, 0.717) is 25.7 Å². The number of allylic oxidation sites excluding steroid dienone is 12. The SMILES string of the molecule is CCC/C=C\C/C=C\CCCCCCCC(=O)OCC(COP(=O)(O)OCC(O)COP(=O)(O)OCC(COC(=O)CCCCCCC/C=C\CCCCCCCC)OC(=O)CCCCCCC/C=C\CCCC)OC(=O)CCCCCCC/C=C\C/C=C\CCC. The molecule has 0 aliphatic heterocycles. The zero-order valence-corrected chi connectivity index (χ0v) is 59.8. The molecule has 5 atom stereocenters. The summed E-state index contributed by atoms with van der Waals surface area (Å²) >= 11 is 0. The largest absolute Gasteiger partial charge is 0.472 e. The van der Waals surface area contributed by atoms with E-state index in [-0.39, 0.29) is 25.7 Å². The van der Waals surface area contributed by atoms with E-state index in [2.05, 4.69) is 101 Å². The van der Waals surface area contributed by atoms with Gasteiger partial charge in [0.25, 0.3) is 0 Å². The normalized spacial score (nSPS) is 14.5. The van der Waals surface area contributed by atoms with Crippen molar-refractivity contribution in [3.05, 3.63) is 72.9 Å². The number of phosphoric acid groups is 2. The Morgan fingerprint density at radius 1 is 0.304 bits per heavy atom. The van der Waals surface area contributed by atoms with E-state index in [1.807, 2.05) is 0 Å². The molecule has 17 nitrogen and oxygen atoms in total. The van der Waals surface area contributed by atoms with E-state index in [1.165, 1.54) is 51.4 Å². The van der Waals surface area contributed by atoms with Gasteiger partial charge in [-0.15, -0.1) is 0 Å². The van der Waals surface area contributed by atoms with Crippen molar-refractivity contribution < 1.29 is 80.2 Å². The number of phosphoric ester groups is 2. The number of ether oxygens (including phenoxy) is 4. The molecule has 0 amide bonds. The number of unbranched alkanes of at least 4 members (excludes halogenated alkanes) is 30. The van der Waals surface area contributed by atoms with E-state index in [1.54, 1.807) is 0 Å². The van der Waals surface area contributed by atoms with Gasteiger partial charge in [-0.25, -0.2) is 9.13 Å². The molecule has 19 heteroatoms. The molecule has 0 saturated carbocycles. The van der Waals surface area contributed by atoms with Crippen LogP contribution in [-0.2, 0) is 65.4 Å². The fraction of sp³-hybridized carbons (Fsp3) is 0.781. The molecule has 0 rings (SSSR count). The number of aliphatic hydroxyl groups is 1. The molecule has 3 N–H and O–H groups in total. The minimum Gasteiger partial charge on any atom is -0.462 e. The number of carbonyl (C=O) groups excluding carboxylic acids is 4. The van der Waals surface area contributed by atoms with Gasteiger partial charge in [-0.1, -0.05) is 235 Å². The van der Waals surface area contributed by atoms with Crippen molar-refractivity contribution in [3.63, 3.8) is 0 Å². The van der Waals surface area contributed by atoms with Gasteiger partial charge in [-0.3, -0.25) is 37.3 Å². The first-order chi connectivity index (χ1) is 44.7. The number of hydrogen-bond donors (Lipinski definition) is 3. The van der Waals surface area contributed by atoms with Gasteiger partial charge in [0.15, 0.2) is 12.2 Å². The first-order valence-corrected chi connectivity index (χ1v) is 39.2. The van der Waals surface area contributed by atoms with Crippen molar-refractivity contribution >= 4 is 39.5 Å². The Kier molecular flexibility index (Phi) is 63.6. The summed E-state index contributed by atoms with van der Waals surface area (Å²) < 4.78 is 68.2. The lowest BCUT2D eigenvalue weighted by Crippen LogP contribution is -2.30. The monoisotopic (exact) mass is 1340 g/mol. The lowest BCUT2D eigenvalue weighted by molar-refractivity contribution is -0.161. The van der Waals surface area contributed by atoms with Crippen molar-refractivity contribution in [1.29, 1.82) is 0 Å². The van der Waals surface area contributed by atoms with Gasteiger partial charge in [0, 0.05) is 25.7 Å². The van der Waals surface area contributed by atoms with Crippen molar-refractivity contribution in [2.75, 3.05) is 39.6 Å². The van der Waals surface area contributed by atoms with Crippen LogP contribution < -0.4 is 0 Å². The van der Waals surface area contributed by atoms with Gasteiger partial charge in [0.1, 0.15) is 19.3 Å². The summed E-state index contributed by atoms with van der Waals surface area (Å²) in [7, 11) is -9.94. The van der Waals surface area contributed by atoms with Crippen LogP contribution in [0.4, 0.5) is 0 Å². The van der Waals surface area contributed by atoms with Crippen LogP contribution in [0.1, 0.15) is 310 Å². The Bertz CT molecular complexity index is 2040. The standard InChI is InChI=1S/C73H130O17P2/c1-5-9-13-17-21-25-29-32-33-36-39-42-46-50-54-58-71(76)84-63-68(89-72(77)59-55-51-47-43-37-28-24-20-16-12-8-4)65-87-91(79,80)85-61-67(74)62-86-92(81,82)88-66-69(90-73(78)60-56-52-48-44-40-35-31-27-23-19-15-11-7-3)64-83-70(75)57-53-49-45-41-38-34-30-26-22-18-14-10-6-2/h14-15,18-20,24,26-27,30-33,67-69,74H,5-13,16-17,21-23,25,28-29,34-66H2,1-4H3,(H,79,80)(H,81,82)/b18-14-,19-15-,24-20-,30-26-,31-27-,33-32-. The summed E-state index contributed by atoms with van der Waals surface area (Å²) in [5, 5.41) is 10.6. The third kappa shape index (κ3) is 65.2. The lowest BCUT2D eigenvalue weighted by atomic mass is 10.1. The highest BCUT2D eigenvalue weighted by Gasteiger charge is 2.30. The Hall–Kier alpha value is -3.50. The van der Waals surface area contributed by atoms with Gasteiger partial charge in [0.2, 0.25) is 0 Å². The molecule has 0 fully saturated rings. The topological polar surface area (TPSA) is 237 Å². The van der Waals surface area contributed by atoms with Crippen LogP contribution in [0.15, 0.2) is 72.9 Å². The van der Waals surface area contributed by atoms with Crippen molar-refractivity contribution in [3.8, 4) is 0 Å². The highest BCUT2D eigenvalue weighted by molar-refractivity contribution is 7.47. The molecule has 0 aromatic carbocycles. The fourth-order valence-corrected chi connectivity index (χ4v) is 11.1. The minimum atomic E-state index is -4.97. The Labute approximate surface area is 558 Å². The maximum Gasteiger partial charge on any atom is 0.472 e. The van der Waals surface area contributed by atoms with Crippen molar-refractivity contribution in [2.24, 2.45) is 0 Å². The average molecular weight is 1340 g/mol. The van der Waals surface area contributed by atoms with Gasteiger partial charge in [0.05, 0.1) is 26.4 Å². The van der Waals surface area contributed by atoms with Gasteiger partial charge < -0.3 is 33.8 Å². The molecule has 5 unspecified atom stereocenters. The van der Waals surface area contributed by atoms with E-state index < -0.39 is 97.5 Å². The third-order valence-electron chi connectivity index (χ3n) is 15.1. The van der Waals surface area contributed by atoms with E-state index in [9.17, 15) is 43.2 Å². The summed E-state index contributed by atoms with van der Waals surface area (Å²) in [6.07, 6.45) is 63.4. The fourth-order valence-electron chi connectivity index (χ4n) is 9.51. The van der Waals surface area contributed by atoms with Gasteiger partial charge in [-0.05, 0) is 122 Å². The lowest BCUT2D eigenvalue weighted by Gasteiger charge is -2.21. The predicted octanol–water partition coefficient (Wildman–Crippen LogP) is 20.1. The van der Waals surface area contributed by atoms with Crippen LogP contribution in [0.3, 0.4) is 0 Å². The molecule has 0 saturated heterocycles.